The number of hydrogen-bond acceptors (Lipinski definition) is 3. The van der Waals surface area contributed by atoms with Gasteiger partial charge in [-0.2, -0.15) is 0 Å². The third kappa shape index (κ3) is 6.84. The van der Waals surface area contributed by atoms with Crippen LogP contribution in [0, 0.1) is 6.92 Å². The fourth-order valence-electron chi connectivity index (χ4n) is 3.46. The minimum atomic E-state index is -0.543. The van der Waals surface area contributed by atoms with E-state index in [0.717, 1.165) is 11.1 Å². The Morgan fingerprint density at radius 3 is 2.23 bits per heavy atom. The number of amides is 2. The van der Waals surface area contributed by atoms with E-state index in [1.54, 1.807) is 4.90 Å². The predicted molar refractivity (Wildman–Crippen MR) is 125 cm³/mol. The van der Waals surface area contributed by atoms with Gasteiger partial charge in [-0.15, -0.1) is 0 Å². The summed E-state index contributed by atoms with van der Waals surface area (Å²) in [4.78, 5) is 27.5. The van der Waals surface area contributed by atoms with Crippen molar-refractivity contribution in [3.63, 3.8) is 0 Å². The zero-order chi connectivity index (χ0) is 23.0. The van der Waals surface area contributed by atoms with E-state index in [-0.39, 0.29) is 23.8 Å². The summed E-state index contributed by atoms with van der Waals surface area (Å²) in [6.07, 6.45) is 0.531. The second-order valence-electron chi connectivity index (χ2n) is 8.83. The van der Waals surface area contributed by atoms with Gasteiger partial charge in [0.15, 0.2) is 6.61 Å². The molecule has 2 aromatic carbocycles. The van der Waals surface area contributed by atoms with Gasteiger partial charge >= 0.3 is 0 Å². The highest BCUT2D eigenvalue weighted by molar-refractivity contribution is 5.88. The van der Waals surface area contributed by atoms with E-state index in [2.05, 4.69) is 26.1 Å². The van der Waals surface area contributed by atoms with E-state index in [1.165, 1.54) is 5.56 Å². The summed E-state index contributed by atoms with van der Waals surface area (Å²) >= 11 is 0. The minimum absolute atomic E-state index is 0.0552. The lowest BCUT2D eigenvalue weighted by atomic mass is 9.87. The average molecular weight is 425 g/mol. The highest BCUT2D eigenvalue weighted by atomic mass is 16.5. The summed E-state index contributed by atoms with van der Waals surface area (Å²) in [5.74, 6) is 0.297. The van der Waals surface area contributed by atoms with Gasteiger partial charge in [-0.25, -0.2) is 0 Å². The van der Waals surface area contributed by atoms with Crippen molar-refractivity contribution >= 4 is 11.8 Å². The molecule has 31 heavy (non-hydrogen) atoms. The normalized spacial score (nSPS) is 12.2. The molecule has 0 heterocycles. The average Bonchev–Trinajstić information content (AvgIpc) is 2.73. The van der Waals surface area contributed by atoms with E-state index >= 15 is 0 Å². The molecule has 0 unspecified atom stereocenters. The van der Waals surface area contributed by atoms with Gasteiger partial charge < -0.3 is 15.0 Å². The fourth-order valence-corrected chi connectivity index (χ4v) is 3.46. The molecule has 0 aliphatic carbocycles. The Morgan fingerprint density at radius 2 is 1.68 bits per heavy atom. The van der Waals surface area contributed by atoms with Crippen LogP contribution >= 0.6 is 0 Å². The number of nitrogens with one attached hydrogen (secondary N) is 1. The largest absolute Gasteiger partial charge is 0.484 e. The minimum Gasteiger partial charge on any atom is -0.484 e. The van der Waals surface area contributed by atoms with Crippen LogP contribution in [0.3, 0.4) is 0 Å². The summed E-state index contributed by atoms with van der Waals surface area (Å²) in [5, 5.41) is 2.85. The third-order valence-electron chi connectivity index (χ3n) is 5.42. The SMILES string of the molecule is CCNC(=O)[C@@H](CC)N(Cc1ccccc1C)C(=O)COc1ccc(C(C)(C)C)cc1. The number of rotatable bonds is 9. The van der Waals surface area contributed by atoms with Crippen molar-refractivity contribution in [1.29, 1.82) is 0 Å². The molecule has 0 spiro atoms. The second kappa shape index (κ2) is 11.0. The standard InChI is InChI=1S/C26H36N2O3/c1-7-23(25(30)27-8-2)28(17-20-12-10-9-11-19(20)3)24(29)18-31-22-15-13-21(14-16-22)26(4,5)6/h9-16,23H,7-8,17-18H2,1-6H3,(H,27,30)/t23-/m1/s1. The first-order chi connectivity index (χ1) is 14.7. The molecule has 2 rings (SSSR count). The number of hydrogen-bond donors (Lipinski definition) is 1. The molecule has 1 N–H and O–H groups in total. The quantitative estimate of drug-likeness (QED) is 0.639. The summed E-state index contributed by atoms with van der Waals surface area (Å²) in [7, 11) is 0. The molecule has 0 aliphatic heterocycles. The molecule has 168 valence electrons. The molecule has 0 aliphatic rings. The Bertz CT molecular complexity index is 869. The Balaban J connectivity index is 2.18. The van der Waals surface area contributed by atoms with Crippen LogP contribution in [0.15, 0.2) is 48.5 Å². The van der Waals surface area contributed by atoms with Crippen molar-refractivity contribution in [2.24, 2.45) is 0 Å². The number of likely N-dealkylation sites (N-methyl/N-ethyl adjacent to an activating group) is 1. The summed E-state index contributed by atoms with van der Waals surface area (Å²) in [6.45, 7) is 13.1. The van der Waals surface area contributed by atoms with Gasteiger partial charge in [0.05, 0.1) is 0 Å². The number of carbonyl (C=O) groups is 2. The lowest BCUT2D eigenvalue weighted by Crippen LogP contribution is -2.50. The molecule has 2 amide bonds. The maximum atomic E-state index is 13.2. The zero-order valence-electron chi connectivity index (χ0n) is 19.7. The van der Waals surface area contributed by atoms with Crippen molar-refractivity contribution in [3.8, 4) is 5.75 Å². The zero-order valence-corrected chi connectivity index (χ0v) is 19.7. The van der Waals surface area contributed by atoms with E-state index < -0.39 is 6.04 Å². The number of aryl methyl sites for hydroxylation is 1. The Labute approximate surface area is 186 Å². The monoisotopic (exact) mass is 424 g/mol. The van der Waals surface area contributed by atoms with Gasteiger partial charge in [0.25, 0.3) is 5.91 Å². The predicted octanol–water partition coefficient (Wildman–Crippen LogP) is 4.61. The molecular weight excluding hydrogens is 388 g/mol. The first-order valence-corrected chi connectivity index (χ1v) is 11.0. The molecule has 0 saturated heterocycles. The van der Waals surface area contributed by atoms with Gasteiger partial charge in [0.2, 0.25) is 5.91 Å². The highest BCUT2D eigenvalue weighted by Gasteiger charge is 2.29. The summed E-state index contributed by atoms with van der Waals surface area (Å²) < 4.78 is 5.80. The molecule has 0 saturated carbocycles. The molecule has 0 fully saturated rings. The van der Waals surface area contributed by atoms with Crippen LogP contribution in [0.4, 0.5) is 0 Å². The molecule has 0 radical (unpaired) electrons. The van der Waals surface area contributed by atoms with Crippen molar-refractivity contribution in [2.75, 3.05) is 13.2 Å². The van der Waals surface area contributed by atoms with Crippen LogP contribution in [0.25, 0.3) is 0 Å². The lowest BCUT2D eigenvalue weighted by Gasteiger charge is -2.31. The van der Waals surface area contributed by atoms with E-state index in [0.29, 0.717) is 25.3 Å². The van der Waals surface area contributed by atoms with Crippen LogP contribution in [-0.4, -0.2) is 35.9 Å². The van der Waals surface area contributed by atoms with Crippen LogP contribution in [-0.2, 0) is 21.5 Å². The van der Waals surface area contributed by atoms with Gasteiger partial charge in [-0.3, -0.25) is 9.59 Å². The maximum Gasteiger partial charge on any atom is 0.261 e. The van der Waals surface area contributed by atoms with Crippen LogP contribution in [0.5, 0.6) is 5.75 Å². The number of nitrogens with zero attached hydrogens (tertiary/aromatic N) is 1. The molecule has 5 heteroatoms. The van der Waals surface area contributed by atoms with Crippen LogP contribution in [0.1, 0.15) is 57.7 Å². The smallest absolute Gasteiger partial charge is 0.261 e. The van der Waals surface area contributed by atoms with Crippen molar-refractivity contribution in [1.82, 2.24) is 10.2 Å². The lowest BCUT2D eigenvalue weighted by molar-refractivity contribution is -0.142. The maximum absolute atomic E-state index is 13.2. The molecular formula is C26H36N2O3. The van der Waals surface area contributed by atoms with Gasteiger partial charge in [0, 0.05) is 13.1 Å². The first-order valence-electron chi connectivity index (χ1n) is 11.0. The Hall–Kier alpha value is -2.82. The van der Waals surface area contributed by atoms with Gasteiger partial charge in [-0.1, -0.05) is 64.1 Å². The molecule has 0 aromatic heterocycles. The van der Waals surface area contributed by atoms with Crippen molar-refractivity contribution in [3.05, 3.63) is 65.2 Å². The topological polar surface area (TPSA) is 58.6 Å². The Kier molecular flexibility index (Phi) is 8.66. The second-order valence-corrected chi connectivity index (χ2v) is 8.83. The number of ether oxygens (including phenoxy) is 1. The van der Waals surface area contributed by atoms with Crippen LogP contribution < -0.4 is 10.1 Å². The number of benzene rings is 2. The fraction of sp³-hybridized carbons (Fsp3) is 0.462. The van der Waals surface area contributed by atoms with Gasteiger partial charge in [0.1, 0.15) is 11.8 Å². The van der Waals surface area contributed by atoms with E-state index in [4.69, 9.17) is 4.74 Å². The first kappa shape index (κ1) is 24.4. The highest BCUT2D eigenvalue weighted by Crippen LogP contribution is 2.24. The molecule has 5 nitrogen and oxygen atoms in total. The van der Waals surface area contributed by atoms with E-state index in [9.17, 15) is 9.59 Å². The van der Waals surface area contributed by atoms with Crippen molar-refractivity contribution < 1.29 is 14.3 Å². The van der Waals surface area contributed by atoms with Crippen molar-refractivity contribution in [2.45, 2.75) is 66.0 Å². The Morgan fingerprint density at radius 1 is 1.03 bits per heavy atom. The number of carbonyl (C=O) groups excluding carboxylic acids is 2. The summed E-state index contributed by atoms with van der Waals surface area (Å²) in [5.41, 5.74) is 3.37. The molecule has 0 bridgehead atoms. The van der Waals surface area contributed by atoms with E-state index in [1.807, 2.05) is 69.3 Å². The molecule has 1 atom stereocenters. The van der Waals surface area contributed by atoms with Crippen LogP contribution in [0.2, 0.25) is 0 Å². The third-order valence-corrected chi connectivity index (χ3v) is 5.42. The summed E-state index contributed by atoms with van der Waals surface area (Å²) in [6, 6.07) is 15.2. The van der Waals surface area contributed by atoms with Gasteiger partial charge in [-0.05, 0) is 54.5 Å². The molecule has 2 aromatic rings.